The summed E-state index contributed by atoms with van der Waals surface area (Å²) in [5.41, 5.74) is 1.17. The molecule has 1 aliphatic heterocycles. The van der Waals surface area contributed by atoms with E-state index in [1.165, 1.54) is 5.56 Å². The molecule has 1 atom stereocenters. The van der Waals surface area contributed by atoms with E-state index >= 15 is 0 Å². The Bertz CT molecular complexity index is 361. The molecule has 1 fully saturated rings. The van der Waals surface area contributed by atoms with Crippen molar-refractivity contribution < 1.29 is 9.84 Å². The van der Waals surface area contributed by atoms with Gasteiger partial charge in [0.1, 0.15) is 5.75 Å². The highest BCUT2D eigenvalue weighted by atomic mass is 16.5. The Morgan fingerprint density at radius 1 is 1.35 bits per heavy atom. The lowest BCUT2D eigenvalue weighted by molar-refractivity contribution is 0.0308. The molecule has 1 aromatic rings. The summed E-state index contributed by atoms with van der Waals surface area (Å²) in [4.78, 5) is 2.39. The minimum absolute atomic E-state index is 0.324. The lowest BCUT2D eigenvalue weighted by atomic mass is 10.0. The second kappa shape index (κ2) is 5.52. The summed E-state index contributed by atoms with van der Waals surface area (Å²) >= 11 is 0. The standard InChI is InChI=1S/C14H21NO2/c1-11(12-4-3-5-14(16)10-12)15(2)13-6-8-17-9-7-13/h3-5,10-11,13,16H,6-9H2,1-2H3. The topological polar surface area (TPSA) is 32.7 Å². The van der Waals surface area contributed by atoms with Crippen molar-refractivity contribution in [2.75, 3.05) is 20.3 Å². The fraction of sp³-hybridized carbons (Fsp3) is 0.571. The van der Waals surface area contributed by atoms with Crippen molar-refractivity contribution in [3.05, 3.63) is 29.8 Å². The maximum Gasteiger partial charge on any atom is 0.115 e. The van der Waals surface area contributed by atoms with Crippen molar-refractivity contribution in [1.82, 2.24) is 4.90 Å². The number of aromatic hydroxyl groups is 1. The Labute approximate surface area is 103 Å². The van der Waals surface area contributed by atoms with Crippen LogP contribution in [0.5, 0.6) is 5.75 Å². The SMILES string of the molecule is CC(c1cccc(O)c1)N(C)C1CCOCC1. The van der Waals surface area contributed by atoms with E-state index in [0.717, 1.165) is 26.1 Å². The minimum atomic E-state index is 0.324. The monoisotopic (exact) mass is 235 g/mol. The van der Waals surface area contributed by atoms with E-state index in [2.05, 4.69) is 24.9 Å². The van der Waals surface area contributed by atoms with Crippen LogP contribution in [0.25, 0.3) is 0 Å². The van der Waals surface area contributed by atoms with E-state index in [9.17, 15) is 5.11 Å². The maximum atomic E-state index is 9.52. The first kappa shape index (κ1) is 12.4. The van der Waals surface area contributed by atoms with E-state index in [-0.39, 0.29) is 0 Å². The van der Waals surface area contributed by atoms with Crippen molar-refractivity contribution in [2.45, 2.75) is 31.8 Å². The highest BCUT2D eigenvalue weighted by Crippen LogP contribution is 2.26. The Kier molecular flexibility index (Phi) is 4.02. The summed E-state index contributed by atoms with van der Waals surface area (Å²) in [6.45, 7) is 3.91. The summed E-state index contributed by atoms with van der Waals surface area (Å²) < 4.78 is 5.39. The number of hydrogen-bond acceptors (Lipinski definition) is 3. The fourth-order valence-electron chi connectivity index (χ4n) is 2.43. The summed E-state index contributed by atoms with van der Waals surface area (Å²) in [6.07, 6.45) is 2.19. The quantitative estimate of drug-likeness (QED) is 0.874. The molecule has 0 amide bonds. The average Bonchev–Trinajstić information content (AvgIpc) is 2.38. The zero-order valence-electron chi connectivity index (χ0n) is 10.6. The number of nitrogens with zero attached hydrogens (tertiary/aromatic N) is 1. The normalized spacial score (nSPS) is 19.5. The predicted molar refractivity (Wildman–Crippen MR) is 68.1 cm³/mol. The van der Waals surface area contributed by atoms with Gasteiger partial charge in [0.05, 0.1) is 0 Å². The van der Waals surface area contributed by atoms with Gasteiger partial charge in [0.2, 0.25) is 0 Å². The number of phenolic OH excluding ortho intramolecular Hbond substituents is 1. The number of rotatable bonds is 3. The molecule has 1 unspecified atom stereocenters. The van der Waals surface area contributed by atoms with E-state index in [0.29, 0.717) is 17.8 Å². The van der Waals surface area contributed by atoms with Crippen molar-refractivity contribution in [3.63, 3.8) is 0 Å². The number of benzene rings is 1. The third-order valence-electron chi connectivity index (χ3n) is 3.73. The molecule has 2 rings (SSSR count). The van der Waals surface area contributed by atoms with E-state index in [4.69, 9.17) is 4.74 Å². The van der Waals surface area contributed by atoms with Gasteiger partial charge in [-0.3, -0.25) is 4.90 Å². The van der Waals surface area contributed by atoms with Gasteiger partial charge in [-0.05, 0) is 44.5 Å². The number of hydrogen-bond donors (Lipinski definition) is 1. The Balaban J connectivity index is 2.05. The molecule has 17 heavy (non-hydrogen) atoms. The first-order valence-corrected chi connectivity index (χ1v) is 6.27. The van der Waals surface area contributed by atoms with Crippen LogP contribution in [0, 0.1) is 0 Å². The molecular weight excluding hydrogens is 214 g/mol. The van der Waals surface area contributed by atoms with Gasteiger partial charge >= 0.3 is 0 Å². The van der Waals surface area contributed by atoms with Gasteiger partial charge in [-0.2, -0.15) is 0 Å². The van der Waals surface area contributed by atoms with Gasteiger partial charge < -0.3 is 9.84 Å². The molecule has 0 spiro atoms. The highest BCUT2D eigenvalue weighted by molar-refractivity contribution is 5.29. The molecule has 1 N–H and O–H groups in total. The Morgan fingerprint density at radius 3 is 2.71 bits per heavy atom. The van der Waals surface area contributed by atoms with E-state index < -0.39 is 0 Å². The molecule has 0 bridgehead atoms. The Hall–Kier alpha value is -1.06. The Morgan fingerprint density at radius 2 is 2.06 bits per heavy atom. The molecule has 3 heteroatoms. The van der Waals surface area contributed by atoms with Crippen LogP contribution in [0.3, 0.4) is 0 Å². The first-order chi connectivity index (χ1) is 8.18. The van der Waals surface area contributed by atoms with Gasteiger partial charge in [-0.1, -0.05) is 12.1 Å². The van der Waals surface area contributed by atoms with Crippen molar-refractivity contribution in [1.29, 1.82) is 0 Å². The molecule has 1 aromatic carbocycles. The molecule has 1 heterocycles. The fourth-order valence-corrected chi connectivity index (χ4v) is 2.43. The molecule has 94 valence electrons. The van der Waals surface area contributed by atoms with Crippen molar-refractivity contribution in [3.8, 4) is 5.75 Å². The third-order valence-corrected chi connectivity index (χ3v) is 3.73. The van der Waals surface area contributed by atoms with Crippen LogP contribution in [0.15, 0.2) is 24.3 Å². The number of ether oxygens (including phenoxy) is 1. The lowest BCUT2D eigenvalue weighted by Gasteiger charge is -2.35. The molecule has 0 saturated carbocycles. The molecule has 3 nitrogen and oxygen atoms in total. The third kappa shape index (κ3) is 2.99. The van der Waals surface area contributed by atoms with Gasteiger partial charge in [0.25, 0.3) is 0 Å². The highest BCUT2D eigenvalue weighted by Gasteiger charge is 2.23. The molecule has 0 radical (unpaired) electrons. The molecule has 1 saturated heterocycles. The average molecular weight is 235 g/mol. The van der Waals surface area contributed by atoms with Gasteiger partial charge in [-0.15, -0.1) is 0 Å². The van der Waals surface area contributed by atoms with Crippen LogP contribution in [0.1, 0.15) is 31.4 Å². The maximum absolute atomic E-state index is 9.52. The minimum Gasteiger partial charge on any atom is -0.508 e. The van der Waals surface area contributed by atoms with Crippen LogP contribution in [0.2, 0.25) is 0 Å². The largest absolute Gasteiger partial charge is 0.508 e. The van der Waals surface area contributed by atoms with Crippen LogP contribution in [-0.4, -0.2) is 36.3 Å². The zero-order valence-corrected chi connectivity index (χ0v) is 10.6. The summed E-state index contributed by atoms with van der Waals surface area (Å²) in [7, 11) is 2.16. The van der Waals surface area contributed by atoms with Crippen LogP contribution in [0.4, 0.5) is 0 Å². The summed E-state index contributed by atoms with van der Waals surface area (Å²) in [6, 6.07) is 8.44. The zero-order chi connectivity index (χ0) is 12.3. The van der Waals surface area contributed by atoms with Crippen LogP contribution >= 0.6 is 0 Å². The molecule has 0 aromatic heterocycles. The van der Waals surface area contributed by atoms with Gasteiger partial charge in [0.15, 0.2) is 0 Å². The summed E-state index contributed by atoms with van der Waals surface area (Å²) in [5.74, 6) is 0.342. The molecule has 1 aliphatic rings. The van der Waals surface area contributed by atoms with Crippen LogP contribution < -0.4 is 0 Å². The van der Waals surface area contributed by atoms with Crippen molar-refractivity contribution in [2.24, 2.45) is 0 Å². The van der Waals surface area contributed by atoms with Crippen molar-refractivity contribution >= 4 is 0 Å². The smallest absolute Gasteiger partial charge is 0.115 e. The van der Waals surface area contributed by atoms with E-state index in [1.54, 1.807) is 6.07 Å². The second-order valence-corrected chi connectivity index (χ2v) is 4.78. The first-order valence-electron chi connectivity index (χ1n) is 6.27. The van der Waals surface area contributed by atoms with E-state index in [1.807, 2.05) is 12.1 Å². The van der Waals surface area contributed by atoms with Gasteiger partial charge in [0, 0.05) is 25.3 Å². The van der Waals surface area contributed by atoms with Gasteiger partial charge in [-0.25, -0.2) is 0 Å². The lowest BCUT2D eigenvalue weighted by Crippen LogP contribution is -2.38. The molecule has 0 aliphatic carbocycles. The summed E-state index contributed by atoms with van der Waals surface area (Å²) in [5, 5.41) is 9.52. The second-order valence-electron chi connectivity index (χ2n) is 4.78. The molecular formula is C14H21NO2. The number of phenols is 1. The van der Waals surface area contributed by atoms with Crippen LogP contribution in [-0.2, 0) is 4.74 Å². The predicted octanol–water partition coefficient (Wildman–Crippen LogP) is 2.56.